The Labute approximate surface area is 285 Å². The summed E-state index contributed by atoms with van der Waals surface area (Å²) in [6, 6.07) is 12.3. The highest BCUT2D eigenvalue weighted by atomic mass is 16.1. The van der Waals surface area contributed by atoms with Gasteiger partial charge in [0.05, 0.1) is 5.57 Å². The van der Waals surface area contributed by atoms with Crippen LogP contribution in [-0.4, -0.2) is 17.5 Å². The fraction of sp³-hybridized carbons (Fsp3) is 0.667. The van der Waals surface area contributed by atoms with Gasteiger partial charge in [-0.2, -0.15) is 5.26 Å². The average Bonchev–Trinajstić information content (AvgIpc) is 2.99. The SMILES string of the molecule is CC(=O)/C=C1/[C@@]2(C)C=C(C#N)C(=O)C(C)(C)[C@@H]2CC[C@@]1(C)C(C)(C)CC[C@@]1(CCC(=O)NCc2ccccc2)CCC(C)(C)CC1C. The molecule has 3 aliphatic rings. The van der Waals surface area contributed by atoms with E-state index in [0.717, 1.165) is 62.5 Å². The Balaban J connectivity index is 1.63. The molecule has 2 fully saturated rings. The molecule has 0 saturated heterocycles. The van der Waals surface area contributed by atoms with Gasteiger partial charge < -0.3 is 5.32 Å². The maximum Gasteiger partial charge on any atom is 0.220 e. The molecule has 3 aliphatic carbocycles. The molecule has 47 heavy (non-hydrogen) atoms. The van der Waals surface area contributed by atoms with Crippen LogP contribution in [-0.2, 0) is 20.9 Å². The van der Waals surface area contributed by atoms with Crippen LogP contribution in [0.4, 0.5) is 0 Å². The normalized spacial score (nSPS) is 32.6. The Morgan fingerprint density at radius 1 is 1.02 bits per heavy atom. The first-order chi connectivity index (χ1) is 21.7. The maximum absolute atomic E-state index is 13.4. The van der Waals surface area contributed by atoms with E-state index in [4.69, 9.17) is 0 Å². The standard InChI is InChI=1S/C42H60N2O3/c1-29-25-37(3,4)20-22-42(29,19-17-35(46)44-28-31-14-12-11-13-15-31)23-21-38(5,6)41(10)18-16-33-39(7,8)36(47)32(27-43)26-40(33,9)34(41)24-30(2)45/h11-15,24,26,29,33H,16-23,25,28H2,1-10H3,(H,44,46)/b34-24-/t29?,33-,40-,41+,42+/m0/s1. The lowest BCUT2D eigenvalue weighted by molar-refractivity contribution is -0.131. The number of hydrogen-bond donors (Lipinski definition) is 1. The zero-order valence-corrected chi connectivity index (χ0v) is 30.9. The molecule has 0 aromatic heterocycles. The lowest BCUT2D eigenvalue weighted by Crippen LogP contribution is -2.56. The smallest absolute Gasteiger partial charge is 0.220 e. The fourth-order valence-electron chi connectivity index (χ4n) is 10.0. The van der Waals surface area contributed by atoms with E-state index in [-0.39, 0.29) is 45.2 Å². The van der Waals surface area contributed by atoms with Gasteiger partial charge >= 0.3 is 0 Å². The van der Waals surface area contributed by atoms with Crippen LogP contribution in [0.3, 0.4) is 0 Å². The summed E-state index contributed by atoms with van der Waals surface area (Å²) in [4.78, 5) is 39.4. The number of nitrogens with one attached hydrogen (secondary N) is 1. The van der Waals surface area contributed by atoms with Crippen LogP contribution in [0, 0.1) is 55.7 Å². The molecule has 5 atom stereocenters. The highest BCUT2D eigenvalue weighted by Gasteiger charge is 2.61. The Hall–Kier alpha value is -3.00. The van der Waals surface area contributed by atoms with Crippen LogP contribution in [0.15, 0.2) is 53.6 Å². The quantitative estimate of drug-likeness (QED) is 0.258. The Kier molecular flexibility index (Phi) is 10.3. The molecule has 0 radical (unpaired) electrons. The summed E-state index contributed by atoms with van der Waals surface area (Å²) in [5.74, 6) is 0.533. The van der Waals surface area contributed by atoms with E-state index >= 15 is 0 Å². The summed E-state index contributed by atoms with van der Waals surface area (Å²) in [6.45, 7) is 22.5. The third-order valence-corrected chi connectivity index (χ3v) is 13.6. The molecular weight excluding hydrogens is 580 g/mol. The van der Waals surface area contributed by atoms with Gasteiger partial charge in [0.15, 0.2) is 11.6 Å². The summed E-state index contributed by atoms with van der Waals surface area (Å²) < 4.78 is 0. The monoisotopic (exact) mass is 640 g/mol. The molecule has 0 spiro atoms. The maximum atomic E-state index is 13.4. The van der Waals surface area contributed by atoms with Crippen molar-refractivity contribution in [1.82, 2.24) is 5.32 Å². The van der Waals surface area contributed by atoms with Crippen molar-refractivity contribution in [2.75, 3.05) is 0 Å². The van der Waals surface area contributed by atoms with Crippen molar-refractivity contribution in [1.29, 1.82) is 5.26 Å². The van der Waals surface area contributed by atoms with Crippen LogP contribution in [0.25, 0.3) is 0 Å². The van der Waals surface area contributed by atoms with E-state index in [9.17, 15) is 19.6 Å². The molecule has 1 N–H and O–H groups in total. The topological polar surface area (TPSA) is 87.0 Å². The number of nitriles is 1. The number of benzene rings is 1. The highest BCUT2D eigenvalue weighted by Crippen LogP contribution is 2.67. The number of allylic oxidation sites excluding steroid dienone is 4. The molecule has 0 bridgehead atoms. The first-order valence-corrected chi connectivity index (χ1v) is 17.9. The second-order valence-electron chi connectivity index (χ2n) is 17.9. The predicted molar refractivity (Wildman–Crippen MR) is 190 cm³/mol. The highest BCUT2D eigenvalue weighted by molar-refractivity contribution is 6.04. The van der Waals surface area contributed by atoms with Crippen LogP contribution in [0.1, 0.15) is 133 Å². The molecule has 0 aliphatic heterocycles. The number of Topliss-reactive ketones (excluding diaryl/α,β-unsaturated/α-hetero) is 1. The lowest BCUT2D eigenvalue weighted by atomic mass is 9.42. The summed E-state index contributed by atoms with van der Waals surface area (Å²) >= 11 is 0. The van der Waals surface area contributed by atoms with E-state index < -0.39 is 10.8 Å². The van der Waals surface area contributed by atoms with Crippen molar-refractivity contribution in [3.05, 3.63) is 59.2 Å². The molecule has 1 aromatic rings. The Morgan fingerprint density at radius 2 is 1.68 bits per heavy atom. The second kappa shape index (κ2) is 13.1. The molecule has 1 aromatic carbocycles. The Bertz CT molecular complexity index is 1470. The van der Waals surface area contributed by atoms with Crippen molar-refractivity contribution in [3.8, 4) is 6.07 Å². The van der Waals surface area contributed by atoms with Crippen molar-refractivity contribution in [3.63, 3.8) is 0 Å². The number of rotatable bonds is 10. The molecular formula is C42H60N2O3. The van der Waals surface area contributed by atoms with Crippen LogP contribution < -0.4 is 5.32 Å². The third kappa shape index (κ3) is 7.09. The van der Waals surface area contributed by atoms with Gasteiger partial charge in [0.2, 0.25) is 5.91 Å². The van der Waals surface area contributed by atoms with Crippen molar-refractivity contribution >= 4 is 17.5 Å². The van der Waals surface area contributed by atoms with Gasteiger partial charge in [-0.25, -0.2) is 0 Å². The van der Waals surface area contributed by atoms with Crippen molar-refractivity contribution < 1.29 is 14.4 Å². The zero-order chi connectivity index (χ0) is 35.1. The minimum atomic E-state index is -0.689. The van der Waals surface area contributed by atoms with Gasteiger partial charge in [0.1, 0.15) is 6.07 Å². The van der Waals surface area contributed by atoms with E-state index in [2.05, 4.69) is 59.9 Å². The van der Waals surface area contributed by atoms with Gasteiger partial charge in [0.25, 0.3) is 0 Å². The minimum absolute atomic E-state index is 0.00614. The zero-order valence-electron chi connectivity index (χ0n) is 30.9. The first kappa shape index (κ1) is 36.8. The van der Waals surface area contributed by atoms with E-state index in [1.54, 1.807) is 6.92 Å². The predicted octanol–water partition coefficient (Wildman–Crippen LogP) is 9.72. The summed E-state index contributed by atoms with van der Waals surface area (Å²) in [5, 5.41) is 13.2. The molecule has 5 heteroatoms. The molecule has 256 valence electrons. The minimum Gasteiger partial charge on any atom is -0.352 e. The van der Waals surface area contributed by atoms with Crippen molar-refractivity contribution in [2.45, 2.75) is 134 Å². The fourth-order valence-corrected chi connectivity index (χ4v) is 10.0. The van der Waals surface area contributed by atoms with Gasteiger partial charge in [-0.3, -0.25) is 14.4 Å². The largest absolute Gasteiger partial charge is 0.352 e. The molecule has 1 amide bonds. The summed E-state index contributed by atoms with van der Waals surface area (Å²) in [6.07, 6.45) is 12.3. The summed E-state index contributed by atoms with van der Waals surface area (Å²) in [7, 11) is 0. The lowest BCUT2D eigenvalue weighted by Gasteiger charge is -2.61. The number of fused-ring (bicyclic) bond motifs is 1. The molecule has 0 heterocycles. The number of carbonyl (C=O) groups is 3. The molecule has 1 unspecified atom stereocenters. The van der Waals surface area contributed by atoms with Crippen molar-refractivity contribution in [2.24, 2.45) is 44.3 Å². The average molecular weight is 641 g/mol. The summed E-state index contributed by atoms with van der Waals surface area (Å²) in [5.41, 5.74) is 0.991. The molecule has 2 saturated carbocycles. The van der Waals surface area contributed by atoms with Gasteiger partial charge in [-0.05, 0) is 103 Å². The second-order valence-corrected chi connectivity index (χ2v) is 17.9. The third-order valence-electron chi connectivity index (χ3n) is 13.6. The van der Waals surface area contributed by atoms with Crippen LogP contribution in [0.2, 0.25) is 0 Å². The Morgan fingerprint density at radius 3 is 2.28 bits per heavy atom. The van der Waals surface area contributed by atoms with Gasteiger partial charge in [-0.1, -0.05) is 104 Å². The number of hydrogen-bond acceptors (Lipinski definition) is 4. The van der Waals surface area contributed by atoms with Gasteiger partial charge in [-0.15, -0.1) is 0 Å². The molecule has 4 rings (SSSR count). The first-order valence-electron chi connectivity index (χ1n) is 17.9. The number of ketones is 2. The van der Waals surface area contributed by atoms with E-state index in [0.29, 0.717) is 24.3 Å². The van der Waals surface area contributed by atoms with E-state index in [1.807, 2.05) is 56.3 Å². The number of carbonyl (C=O) groups excluding carboxylic acids is 3. The number of amides is 1. The molecule has 5 nitrogen and oxygen atoms in total. The van der Waals surface area contributed by atoms with E-state index in [1.165, 1.54) is 0 Å². The van der Waals surface area contributed by atoms with Crippen LogP contribution >= 0.6 is 0 Å². The van der Waals surface area contributed by atoms with Gasteiger partial charge in [0, 0.05) is 23.8 Å². The van der Waals surface area contributed by atoms with Crippen LogP contribution in [0.5, 0.6) is 0 Å². The number of nitrogens with zero attached hydrogens (tertiary/aromatic N) is 1.